The molecule has 0 saturated heterocycles. The first-order valence-electron chi connectivity index (χ1n) is 8.88. The molecule has 0 unspecified atom stereocenters. The number of aromatic nitrogens is 1. The first-order chi connectivity index (χ1) is 15.0. The summed E-state index contributed by atoms with van der Waals surface area (Å²) in [6, 6.07) is 6.61. The van der Waals surface area contributed by atoms with Crippen LogP contribution in [-0.4, -0.2) is 30.1 Å². The second-order valence-electron chi connectivity index (χ2n) is 6.46. The predicted molar refractivity (Wildman–Crippen MR) is 107 cm³/mol. The van der Waals surface area contributed by atoms with E-state index in [4.69, 9.17) is 25.5 Å². The molecule has 0 saturated carbocycles. The first kappa shape index (κ1) is 23.1. The van der Waals surface area contributed by atoms with Crippen LogP contribution in [0.25, 0.3) is 11.0 Å². The van der Waals surface area contributed by atoms with Gasteiger partial charge in [-0.2, -0.15) is 13.2 Å². The Bertz CT molecular complexity index is 1240. The highest BCUT2D eigenvalue weighted by molar-refractivity contribution is 6.33. The number of ether oxygens (including phenoxy) is 2. The topological polar surface area (TPSA) is 108 Å². The van der Waals surface area contributed by atoms with E-state index in [1.54, 1.807) is 19.1 Å². The SMILES string of the molecule is Cc1cc(=O)oc2cc(OCC(=O)OCC(=O)Nc3ncc(C(F)(F)F)cc3Cl)ccc12. The van der Waals surface area contributed by atoms with Gasteiger partial charge in [-0.3, -0.25) is 4.79 Å². The number of fused-ring (bicyclic) bond motifs is 1. The number of amides is 1. The maximum absolute atomic E-state index is 12.6. The molecule has 1 N–H and O–H groups in total. The zero-order valence-electron chi connectivity index (χ0n) is 16.3. The normalized spacial score (nSPS) is 11.3. The van der Waals surface area contributed by atoms with Gasteiger partial charge in [0.15, 0.2) is 19.0 Å². The lowest BCUT2D eigenvalue weighted by atomic mass is 10.1. The van der Waals surface area contributed by atoms with Crippen LogP contribution in [0, 0.1) is 6.92 Å². The minimum absolute atomic E-state index is 0.230. The molecule has 3 rings (SSSR count). The third-order valence-corrected chi connectivity index (χ3v) is 4.36. The molecule has 0 aliphatic rings. The lowest BCUT2D eigenvalue weighted by Crippen LogP contribution is -2.24. The van der Waals surface area contributed by atoms with Crippen LogP contribution in [0.5, 0.6) is 5.75 Å². The van der Waals surface area contributed by atoms with Gasteiger partial charge in [0.25, 0.3) is 5.91 Å². The van der Waals surface area contributed by atoms with Gasteiger partial charge < -0.3 is 19.2 Å². The van der Waals surface area contributed by atoms with Crippen molar-refractivity contribution in [2.24, 2.45) is 0 Å². The fourth-order valence-electron chi connectivity index (χ4n) is 2.58. The zero-order valence-corrected chi connectivity index (χ0v) is 17.0. The fourth-order valence-corrected chi connectivity index (χ4v) is 2.79. The number of aryl methyl sites for hydroxylation is 1. The molecular formula is C20H14ClF3N2O6. The number of pyridine rings is 1. The van der Waals surface area contributed by atoms with E-state index >= 15 is 0 Å². The van der Waals surface area contributed by atoms with Crippen molar-refractivity contribution in [1.29, 1.82) is 0 Å². The lowest BCUT2D eigenvalue weighted by Gasteiger charge is -2.10. The Labute approximate surface area is 182 Å². The first-order valence-corrected chi connectivity index (χ1v) is 9.26. The molecule has 0 atom stereocenters. The Balaban J connectivity index is 1.51. The summed E-state index contributed by atoms with van der Waals surface area (Å²) in [6.45, 7) is 0.455. The highest BCUT2D eigenvalue weighted by atomic mass is 35.5. The summed E-state index contributed by atoms with van der Waals surface area (Å²) in [7, 11) is 0. The second kappa shape index (κ2) is 9.27. The van der Waals surface area contributed by atoms with E-state index in [0.717, 1.165) is 5.56 Å². The number of carbonyl (C=O) groups is 2. The Hall–Kier alpha value is -3.60. The van der Waals surface area contributed by atoms with Gasteiger partial charge >= 0.3 is 17.8 Å². The van der Waals surface area contributed by atoms with Crippen molar-refractivity contribution in [2.75, 3.05) is 18.5 Å². The molecule has 8 nitrogen and oxygen atoms in total. The number of esters is 1. The average Bonchev–Trinajstić information content (AvgIpc) is 2.71. The molecule has 12 heteroatoms. The van der Waals surface area contributed by atoms with E-state index < -0.39 is 47.5 Å². The van der Waals surface area contributed by atoms with Crippen LogP contribution >= 0.6 is 11.6 Å². The van der Waals surface area contributed by atoms with E-state index in [0.29, 0.717) is 17.6 Å². The fraction of sp³-hybridized carbons (Fsp3) is 0.200. The summed E-state index contributed by atoms with van der Waals surface area (Å²) >= 11 is 5.69. The van der Waals surface area contributed by atoms with Crippen LogP contribution in [-0.2, 0) is 20.5 Å². The van der Waals surface area contributed by atoms with Crippen molar-refractivity contribution >= 4 is 40.3 Å². The maximum Gasteiger partial charge on any atom is 0.417 e. The van der Waals surface area contributed by atoms with Gasteiger partial charge in [-0.1, -0.05) is 11.6 Å². The van der Waals surface area contributed by atoms with Gasteiger partial charge in [0, 0.05) is 23.7 Å². The Kier molecular flexibility index (Phi) is 6.68. The molecule has 2 heterocycles. The van der Waals surface area contributed by atoms with E-state index in [1.807, 2.05) is 0 Å². The number of benzene rings is 1. The minimum atomic E-state index is -4.63. The summed E-state index contributed by atoms with van der Waals surface area (Å²) in [5.41, 5.74) is -0.607. The Morgan fingerprint density at radius 3 is 2.62 bits per heavy atom. The van der Waals surface area contributed by atoms with Gasteiger partial charge in [0.2, 0.25) is 0 Å². The van der Waals surface area contributed by atoms with Crippen molar-refractivity contribution in [3.8, 4) is 5.75 Å². The molecule has 32 heavy (non-hydrogen) atoms. The molecule has 0 aliphatic carbocycles. The minimum Gasteiger partial charge on any atom is -0.482 e. The quantitative estimate of drug-likeness (QED) is 0.432. The van der Waals surface area contributed by atoms with Crippen LogP contribution in [0.4, 0.5) is 19.0 Å². The van der Waals surface area contributed by atoms with E-state index in [-0.39, 0.29) is 17.2 Å². The van der Waals surface area contributed by atoms with Gasteiger partial charge in [-0.05, 0) is 30.7 Å². The average molecular weight is 471 g/mol. The van der Waals surface area contributed by atoms with E-state index in [9.17, 15) is 27.6 Å². The van der Waals surface area contributed by atoms with Crippen molar-refractivity contribution in [3.63, 3.8) is 0 Å². The number of rotatable bonds is 6. The zero-order chi connectivity index (χ0) is 23.5. The number of nitrogens with zero attached hydrogens (tertiary/aromatic N) is 1. The summed E-state index contributed by atoms with van der Waals surface area (Å²) in [6.07, 6.45) is -4.13. The van der Waals surface area contributed by atoms with Crippen molar-refractivity contribution in [2.45, 2.75) is 13.1 Å². The molecule has 0 spiro atoms. The van der Waals surface area contributed by atoms with Crippen molar-refractivity contribution in [3.05, 3.63) is 63.1 Å². The monoisotopic (exact) mass is 470 g/mol. The third-order valence-electron chi connectivity index (χ3n) is 4.07. The second-order valence-corrected chi connectivity index (χ2v) is 6.86. The lowest BCUT2D eigenvalue weighted by molar-refractivity contribution is -0.149. The highest BCUT2D eigenvalue weighted by Gasteiger charge is 2.31. The van der Waals surface area contributed by atoms with Crippen molar-refractivity contribution < 1.29 is 36.7 Å². The summed E-state index contributed by atoms with van der Waals surface area (Å²) < 4.78 is 52.9. The molecule has 168 valence electrons. The smallest absolute Gasteiger partial charge is 0.417 e. The number of alkyl halides is 3. The largest absolute Gasteiger partial charge is 0.482 e. The van der Waals surface area contributed by atoms with E-state index in [1.165, 1.54) is 12.1 Å². The molecule has 1 aromatic carbocycles. The number of carbonyl (C=O) groups excluding carboxylic acids is 2. The number of hydrogen-bond acceptors (Lipinski definition) is 7. The van der Waals surface area contributed by atoms with E-state index in [2.05, 4.69) is 10.3 Å². The Morgan fingerprint density at radius 2 is 1.94 bits per heavy atom. The summed E-state index contributed by atoms with van der Waals surface area (Å²) in [5.74, 6) is -1.84. The van der Waals surface area contributed by atoms with Crippen molar-refractivity contribution in [1.82, 2.24) is 4.98 Å². The molecule has 0 radical (unpaired) electrons. The van der Waals surface area contributed by atoms with Crippen LogP contribution in [0.15, 0.2) is 45.7 Å². The van der Waals surface area contributed by atoms with Crippen LogP contribution in [0.3, 0.4) is 0 Å². The number of halogens is 4. The molecule has 2 aromatic heterocycles. The molecule has 0 aliphatic heterocycles. The molecule has 0 bridgehead atoms. The van der Waals surface area contributed by atoms with Crippen LogP contribution in [0.2, 0.25) is 5.02 Å². The van der Waals surface area contributed by atoms with Gasteiger partial charge in [-0.25, -0.2) is 14.6 Å². The maximum atomic E-state index is 12.6. The number of hydrogen-bond donors (Lipinski definition) is 1. The molecule has 0 fully saturated rings. The highest BCUT2D eigenvalue weighted by Crippen LogP contribution is 2.32. The summed E-state index contributed by atoms with van der Waals surface area (Å²) in [4.78, 5) is 38.5. The number of nitrogens with one attached hydrogen (secondary N) is 1. The number of anilines is 1. The predicted octanol–water partition coefficient (Wildman–Crippen LogP) is 3.73. The van der Waals surface area contributed by atoms with Crippen LogP contribution < -0.4 is 15.7 Å². The van der Waals surface area contributed by atoms with Gasteiger partial charge in [0.1, 0.15) is 11.3 Å². The molecule has 3 aromatic rings. The molecular weight excluding hydrogens is 457 g/mol. The van der Waals surface area contributed by atoms with Gasteiger partial charge in [0.05, 0.1) is 10.6 Å². The van der Waals surface area contributed by atoms with Gasteiger partial charge in [-0.15, -0.1) is 0 Å². The van der Waals surface area contributed by atoms with Crippen LogP contribution in [0.1, 0.15) is 11.1 Å². The molecule has 1 amide bonds. The summed E-state index contributed by atoms with van der Waals surface area (Å²) in [5, 5.41) is 2.41. The third kappa shape index (κ3) is 5.76. The standard InChI is InChI=1S/C20H14ClF3N2O6/c1-10-4-17(28)32-15-6-12(2-3-13(10)15)30-9-18(29)31-8-16(27)26-19-14(21)5-11(7-25-19)20(22,23)24/h2-7H,8-9H2,1H3,(H,25,26,27). The Morgan fingerprint density at radius 1 is 1.19 bits per heavy atom.